The van der Waals surface area contributed by atoms with Gasteiger partial charge in [-0.1, -0.05) is 26.7 Å². The van der Waals surface area contributed by atoms with E-state index in [0.717, 1.165) is 12.3 Å². The summed E-state index contributed by atoms with van der Waals surface area (Å²) < 4.78 is 0. The molecular weight excluding hydrogens is 112 g/mol. The predicted molar refractivity (Wildman–Crippen MR) is 40.4 cm³/mol. The molecule has 0 unspecified atom stereocenters. The molecule has 1 N–H and O–H groups in total. The van der Waals surface area contributed by atoms with Crippen molar-refractivity contribution in [1.29, 1.82) is 0 Å². The maximum absolute atomic E-state index is 8.48. The first kappa shape index (κ1) is 8.96. The van der Waals surface area contributed by atoms with Crippen molar-refractivity contribution in [2.75, 3.05) is 6.61 Å². The summed E-state index contributed by atoms with van der Waals surface area (Å²) in [6.07, 6.45) is 4.73. The van der Waals surface area contributed by atoms with Gasteiger partial charge in [0.15, 0.2) is 0 Å². The van der Waals surface area contributed by atoms with E-state index in [1.165, 1.54) is 19.3 Å². The SMILES string of the molecule is CCC[C@@H](C)CCCO. The molecule has 0 aromatic carbocycles. The smallest absolute Gasteiger partial charge is 0.0431 e. The summed E-state index contributed by atoms with van der Waals surface area (Å²) in [5, 5.41) is 8.48. The summed E-state index contributed by atoms with van der Waals surface area (Å²) in [6, 6.07) is 0. The maximum Gasteiger partial charge on any atom is 0.0431 e. The molecule has 0 amide bonds. The highest BCUT2D eigenvalue weighted by atomic mass is 16.2. The molecule has 0 aliphatic rings. The van der Waals surface area contributed by atoms with Gasteiger partial charge < -0.3 is 5.11 Å². The highest BCUT2D eigenvalue weighted by molar-refractivity contribution is 4.50. The third-order valence-electron chi connectivity index (χ3n) is 1.64. The molecule has 0 saturated heterocycles. The number of hydrogen-bond acceptors (Lipinski definition) is 1. The van der Waals surface area contributed by atoms with Crippen molar-refractivity contribution in [3.63, 3.8) is 0 Å². The summed E-state index contributed by atoms with van der Waals surface area (Å²) in [4.78, 5) is 0. The molecule has 9 heavy (non-hydrogen) atoms. The minimum absolute atomic E-state index is 0.355. The number of hydrogen-bond donors (Lipinski definition) is 1. The van der Waals surface area contributed by atoms with E-state index in [9.17, 15) is 0 Å². The molecule has 0 rings (SSSR count). The van der Waals surface area contributed by atoms with Gasteiger partial charge in [0.1, 0.15) is 0 Å². The first-order valence-corrected chi connectivity index (χ1v) is 3.92. The van der Waals surface area contributed by atoms with Crippen LogP contribution in [0.2, 0.25) is 0 Å². The van der Waals surface area contributed by atoms with Crippen LogP contribution in [-0.4, -0.2) is 11.7 Å². The second kappa shape index (κ2) is 6.09. The summed E-state index contributed by atoms with van der Waals surface area (Å²) in [7, 11) is 0. The van der Waals surface area contributed by atoms with Gasteiger partial charge in [-0.3, -0.25) is 0 Å². The molecule has 1 heteroatoms. The molecular formula is C8H18O. The van der Waals surface area contributed by atoms with E-state index >= 15 is 0 Å². The van der Waals surface area contributed by atoms with Gasteiger partial charge in [0.25, 0.3) is 0 Å². The second-order valence-electron chi connectivity index (χ2n) is 2.76. The van der Waals surface area contributed by atoms with Crippen LogP contribution in [0.4, 0.5) is 0 Å². The molecule has 0 bridgehead atoms. The Bertz CT molecular complexity index is 52.5. The van der Waals surface area contributed by atoms with Crippen molar-refractivity contribution in [2.45, 2.75) is 39.5 Å². The van der Waals surface area contributed by atoms with Crippen molar-refractivity contribution in [2.24, 2.45) is 5.92 Å². The average molecular weight is 130 g/mol. The van der Waals surface area contributed by atoms with Gasteiger partial charge in [-0.15, -0.1) is 0 Å². The second-order valence-corrected chi connectivity index (χ2v) is 2.76. The zero-order chi connectivity index (χ0) is 7.11. The Morgan fingerprint density at radius 2 is 2.00 bits per heavy atom. The molecule has 1 nitrogen and oxygen atoms in total. The molecule has 0 radical (unpaired) electrons. The lowest BCUT2D eigenvalue weighted by Crippen LogP contribution is -1.95. The molecule has 1 atom stereocenters. The lowest BCUT2D eigenvalue weighted by molar-refractivity contribution is 0.271. The quantitative estimate of drug-likeness (QED) is 0.605. The molecule has 0 heterocycles. The predicted octanol–water partition coefficient (Wildman–Crippen LogP) is 2.20. The fourth-order valence-electron chi connectivity index (χ4n) is 1.08. The Morgan fingerprint density at radius 3 is 2.44 bits per heavy atom. The van der Waals surface area contributed by atoms with Gasteiger partial charge in [0.05, 0.1) is 0 Å². The minimum atomic E-state index is 0.355. The Balaban J connectivity index is 2.95. The summed E-state index contributed by atoms with van der Waals surface area (Å²) >= 11 is 0. The van der Waals surface area contributed by atoms with Crippen LogP contribution in [0.3, 0.4) is 0 Å². The van der Waals surface area contributed by atoms with Gasteiger partial charge in [-0.25, -0.2) is 0 Å². The van der Waals surface area contributed by atoms with Gasteiger partial charge in [0, 0.05) is 6.61 Å². The lowest BCUT2D eigenvalue weighted by atomic mass is 10.0. The van der Waals surface area contributed by atoms with Gasteiger partial charge in [-0.05, 0) is 18.8 Å². The summed E-state index contributed by atoms with van der Waals surface area (Å²) in [6.45, 7) is 4.81. The van der Waals surface area contributed by atoms with Gasteiger partial charge >= 0.3 is 0 Å². The van der Waals surface area contributed by atoms with Crippen LogP contribution in [0.5, 0.6) is 0 Å². The molecule has 0 saturated carbocycles. The van der Waals surface area contributed by atoms with Gasteiger partial charge in [0.2, 0.25) is 0 Å². The standard InChI is InChI=1S/C8H18O/c1-3-5-8(2)6-4-7-9/h8-9H,3-7H2,1-2H3/t8-/m1/s1. The van der Waals surface area contributed by atoms with Crippen molar-refractivity contribution < 1.29 is 5.11 Å². The van der Waals surface area contributed by atoms with E-state index in [4.69, 9.17) is 5.11 Å². The van der Waals surface area contributed by atoms with E-state index in [-0.39, 0.29) is 0 Å². The molecule has 0 spiro atoms. The van der Waals surface area contributed by atoms with E-state index in [1.54, 1.807) is 0 Å². The van der Waals surface area contributed by atoms with Crippen LogP contribution in [0.25, 0.3) is 0 Å². The maximum atomic E-state index is 8.48. The molecule has 0 aliphatic heterocycles. The van der Waals surface area contributed by atoms with Crippen LogP contribution in [0.1, 0.15) is 39.5 Å². The number of aliphatic hydroxyl groups is 1. The monoisotopic (exact) mass is 130 g/mol. The fraction of sp³-hybridized carbons (Fsp3) is 1.00. The summed E-state index contributed by atoms with van der Waals surface area (Å²) in [5.74, 6) is 0.808. The first-order chi connectivity index (χ1) is 4.31. The third kappa shape index (κ3) is 5.84. The van der Waals surface area contributed by atoms with Gasteiger partial charge in [-0.2, -0.15) is 0 Å². The highest BCUT2D eigenvalue weighted by Gasteiger charge is 1.97. The molecule has 0 aromatic heterocycles. The largest absolute Gasteiger partial charge is 0.396 e. The van der Waals surface area contributed by atoms with Crippen LogP contribution in [0.15, 0.2) is 0 Å². The lowest BCUT2D eigenvalue weighted by Gasteiger charge is -2.06. The van der Waals surface area contributed by atoms with Crippen molar-refractivity contribution in [1.82, 2.24) is 0 Å². The Morgan fingerprint density at radius 1 is 1.33 bits per heavy atom. The van der Waals surface area contributed by atoms with E-state index in [0.29, 0.717) is 6.61 Å². The van der Waals surface area contributed by atoms with E-state index < -0.39 is 0 Å². The van der Waals surface area contributed by atoms with Crippen LogP contribution in [0, 0.1) is 5.92 Å². The Labute approximate surface area is 58.1 Å². The Kier molecular flexibility index (Phi) is 6.06. The molecule has 0 fully saturated rings. The zero-order valence-corrected chi connectivity index (χ0v) is 6.56. The van der Waals surface area contributed by atoms with E-state index in [2.05, 4.69) is 13.8 Å². The van der Waals surface area contributed by atoms with Crippen LogP contribution < -0.4 is 0 Å². The van der Waals surface area contributed by atoms with Crippen LogP contribution in [-0.2, 0) is 0 Å². The minimum Gasteiger partial charge on any atom is -0.396 e. The average Bonchev–Trinajstić information content (AvgIpc) is 1.85. The highest BCUT2D eigenvalue weighted by Crippen LogP contribution is 2.10. The van der Waals surface area contributed by atoms with Crippen LogP contribution >= 0.6 is 0 Å². The number of aliphatic hydroxyl groups excluding tert-OH is 1. The zero-order valence-electron chi connectivity index (χ0n) is 6.56. The summed E-state index contributed by atoms with van der Waals surface area (Å²) in [5.41, 5.74) is 0. The number of rotatable bonds is 5. The van der Waals surface area contributed by atoms with E-state index in [1.807, 2.05) is 0 Å². The van der Waals surface area contributed by atoms with Crippen molar-refractivity contribution in [3.8, 4) is 0 Å². The molecule has 0 aliphatic carbocycles. The normalized spacial score (nSPS) is 13.7. The topological polar surface area (TPSA) is 20.2 Å². The first-order valence-electron chi connectivity index (χ1n) is 3.92. The Hall–Kier alpha value is -0.0400. The van der Waals surface area contributed by atoms with Crippen molar-refractivity contribution in [3.05, 3.63) is 0 Å². The molecule has 56 valence electrons. The fourth-order valence-corrected chi connectivity index (χ4v) is 1.08. The molecule has 0 aromatic rings. The third-order valence-corrected chi connectivity index (χ3v) is 1.64. The van der Waals surface area contributed by atoms with Crippen molar-refractivity contribution >= 4 is 0 Å².